The fraction of sp³-hybridized carbons (Fsp3) is 0.400. The van der Waals surface area contributed by atoms with E-state index in [0.29, 0.717) is 18.7 Å². The summed E-state index contributed by atoms with van der Waals surface area (Å²) in [6, 6.07) is 8.34. The smallest absolute Gasteiger partial charge is 0.318 e. The van der Waals surface area contributed by atoms with Crippen molar-refractivity contribution in [3.8, 4) is 0 Å². The average molecular weight is 304 g/mol. The zero-order valence-electron chi connectivity index (χ0n) is 12.2. The van der Waals surface area contributed by atoms with Gasteiger partial charge in [0.15, 0.2) is 0 Å². The topological polar surface area (TPSA) is 105 Å². The van der Waals surface area contributed by atoms with Crippen LogP contribution in [-0.4, -0.2) is 48.4 Å². The van der Waals surface area contributed by atoms with E-state index in [1.165, 1.54) is 0 Å². The molecule has 1 fully saturated rings. The van der Waals surface area contributed by atoms with Gasteiger partial charge in [-0.2, -0.15) is 0 Å². The van der Waals surface area contributed by atoms with Crippen LogP contribution < -0.4 is 16.4 Å². The summed E-state index contributed by atoms with van der Waals surface area (Å²) in [5.41, 5.74) is 5.54. The van der Waals surface area contributed by atoms with E-state index in [0.717, 1.165) is 12.8 Å². The molecule has 0 aliphatic carbocycles. The molecule has 0 radical (unpaired) electrons. The highest BCUT2D eigenvalue weighted by atomic mass is 16.2. The molecule has 1 heterocycles. The number of rotatable bonds is 4. The number of benzene rings is 1. The third-order valence-corrected chi connectivity index (χ3v) is 3.59. The lowest BCUT2D eigenvalue weighted by atomic mass is 10.0. The Morgan fingerprint density at radius 2 is 1.77 bits per heavy atom. The maximum absolute atomic E-state index is 12.1. The van der Waals surface area contributed by atoms with E-state index in [1.807, 2.05) is 28.4 Å². The summed E-state index contributed by atoms with van der Waals surface area (Å²) in [5, 5.41) is 5.04. The van der Waals surface area contributed by atoms with Gasteiger partial charge in [-0.25, -0.2) is 4.79 Å². The molecule has 22 heavy (non-hydrogen) atoms. The van der Waals surface area contributed by atoms with Gasteiger partial charge in [-0.15, -0.1) is 0 Å². The first-order chi connectivity index (χ1) is 10.5. The number of carbonyl (C=O) groups is 3. The molecule has 0 bridgehead atoms. The number of nitrogens with two attached hydrogens (primary N) is 1. The Kier molecular flexibility index (Phi) is 5.48. The molecular formula is C15H20N4O3. The molecule has 1 aromatic carbocycles. The SMILES string of the molecule is NC(=O)NC(=O)CN1CCC(NC(=O)c2ccccc2)CC1. The van der Waals surface area contributed by atoms with Crippen molar-refractivity contribution in [1.82, 2.24) is 15.5 Å². The van der Waals surface area contributed by atoms with E-state index in [2.05, 4.69) is 5.32 Å². The first-order valence-corrected chi connectivity index (χ1v) is 7.22. The van der Waals surface area contributed by atoms with Crippen molar-refractivity contribution in [1.29, 1.82) is 0 Å². The highest BCUT2D eigenvalue weighted by Gasteiger charge is 2.22. The summed E-state index contributed by atoms with van der Waals surface area (Å²) in [6.45, 7) is 1.51. The number of imide groups is 1. The molecule has 4 amide bonds. The second-order valence-corrected chi connectivity index (χ2v) is 5.30. The van der Waals surface area contributed by atoms with Crippen LogP contribution in [-0.2, 0) is 4.79 Å². The Morgan fingerprint density at radius 1 is 1.14 bits per heavy atom. The van der Waals surface area contributed by atoms with Gasteiger partial charge in [0.2, 0.25) is 5.91 Å². The van der Waals surface area contributed by atoms with Crippen LogP contribution in [0.2, 0.25) is 0 Å². The maximum atomic E-state index is 12.1. The molecule has 7 heteroatoms. The summed E-state index contributed by atoms with van der Waals surface area (Å²) in [6.07, 6.45) is 1.53. The van der Waals surface area contributed by atoms with Crippen molar-refractivity contribution in [3.05, 3.63) is 35.9 Å². The average Bonchev–Trinajstić information content (AvgIpc) is 2.49. The number of hydrogen-bond donors (Lipinski definition) is 3. The fourth-order valence-electron chi connectivity index (χ4n) is 2.47. The van der Waals surface area contributed by atoms with Gasteiger partial charge >= 0.3 is 6.03 Å². The van der Waals surface area contributed by atoms with E-state index in [-0.39, 0.29) is 18.5 Å². The number of likely N-dealkylation sites (tertiary alicyclic amines) is 1. The van der Waals surface area contributed by atoms with E-state index in [9.17, 15) is 14.4 Å². The number of carbonyl (C=O) groups excluding carboxylic acids is 3. The number of primary amides is 1. The second-order valence-electron chi connectivity index (χ2n) is 5.30. The molecule has 1 aromatic rings. The molecule has 0 saturated carbocycles. The van der Waals surface area contributed by atoms with Crippen molar-refractivity contribution >= 4 is 17.8 Å². The quantitative estimate of drug-likeness (QED) is 0.732. The molecular weight excluding hydrogens is 284 g/mol. The molecule has 0 unspecified atom stereocenters. The van der Waals surface area contributed by atoms with E-state index >= 15 is 0 Å². The standard InChI is InChI=1S/C15H20N4O3/c16-15(22)18-13(20)10-19-8-6-12(7-9-19)17-14(21)11-4-2-1-3-5-11/h1-5,12H,6-10H2,(H,17,21)(H3,16,18,20,22). The summed E-state index contributed by atoms with van der Waals surface area (Å²) in [7, 11) is 0. The fourth-order valence-corrected chi connectivity index (χ4v) is 2.47. The number of urea groups is 1. The molecule has 7 nitrogen and oxygen atoms in total. The molecule has 1 saturated heterocycles. The highest BCUT2D eigenvalue weighted by Crippen LogP contribution is 2.11. The number of piperidine rings is 1. The minimum Gasteiger partial charge on any atom is -0.351 e. The summed E-state index contributed by atoms with van der Waals surface area (Å²) < 4.78 is 0. The van der Waals surface area contributed by atoms with Crippen LogP contribution in [0, 0.1) is 0 Å². The monoisotopic (exact) mass is 304 g/mol. The van der Waals surface area contributed by atoms with Crippen molar-refractivity contribution in [2.24, 2.45) is 5.73 Å². The first-order valence-electron chi connectivity index (χ1n) is 7.22. The number of hydrogen-bond acceptors (Lipinski definition) is 4. The Hall–Kier alpha value is -2.41. The van der Waals surface area contributed by atoms with Crippen molar-refractivity contribution < 1.29 is 14.4 Å². The molecule has 2 rings (SSSR count). The predicted octanol–water partition coefficient (Wildman–Crippen LogP) is 0.0757. The summed E-state index contributed by atoms with van der Waals surface area (Å²) in [4.78, 5) is 36.0. The number of nitrogens with zero attached hydrogens (tertiary/aromatic N) is 1. The van der Waals surface area contributed by atoms with E-state index in [1.54, 1.807) is 12.1 Å². The van der Waals surface area contributed by atoms with Crippen molar-refractivity contribution in [3.63, 3.8) is 0 Å². The van der Waals surface area contributed by atoms with Gasteiger partial charge < -0.3 is 11.1 Å². The third kappa shape index (κ3) is 4.85. The van der Waals surface area contributed by atoms with E-state index in [4.69, 9.17) is 5.73 Å². The molecule has 1 aliphatic rings. The number of nitrogens with one attached hydrogen (secondary N) is 2. The van der Waals surface area contributed by atoms with Crippen LogP contribution in [0.15, 0.2) is 30.3 Å². The highest BCUT2D eigenvalue weighted by molar-refractivity contribution is 5.95. The largest absolute Gasteiger partial charge is 0.351 e. The molecule has 4 N–H and O–H groups in total. The van der Waals surface area contributed by atoms with Gasteiger partial charge in [0.05, 0.1) is 6.54 Å². The lowest BCUT2D eigenvalue weighted by Crippen LogP contribution is -2.48. The number of amides is 4. The minimum atomic E-state index is -0.838. The maximum Gasteiger partial charge on any atom is 0.318 e. The Balaban J connectivity index is 1.74. The molecule has 0 spiro atoms. The minimum absolute atomic E-state index is 0.0782. The Morgan fingerprint density at radius 3 is 2.36 bits per heavy atom. The summed E-state index contributed by atoms with van der Waals surface area (Å²) in [5.74, 6) is -0.482. The second kappa shape index (κ2) is 7.56. The normalized spacial score (nSPS) is 16.0. The molecule has 0 atom stereocenters. The molecule has 118 valence electrons. The van der Waals surface area contributed by atoms with Crippen LogP contribution in [0.1, 0.15) is 23.2 Å². The van der Waals surface area contributed by atoms with Crippen molar-refractivity contribution in [2.45, 2.75) is 18.9 Å². The Labute approximate surface area is 128 Å². The van der Waals surface area contributed by atoms with Gasteiger partial charge in [0.1, 0.15) is 0 Å². The first kappa shape index (κ1) is 16.0. The lowest BCUT2D eigenvalue weighted by Gasteiger charge is -2.31. The van der Waals surface area contributed by atoms with Gasteiger partial charge in [0.25, 0.3) is 5.91 Å². The summed E-state index contributed by atoms with van der Waals surface area (Å²) >= 11 is 0. The van der Waals surface area contributed by atoms with Gasteiger partial charge in [-0.05, 0) is 25.0 Å². The van der Waals surface area contributed by atoms with Gasteiger partial charge in [-0.1, -0.05) is 18.2 Å². The van der Waals surface area contributed by atoms with Crippen LogP contribution in [0.5, 0.6) is 0 Å². The van der Waals surface area contributed by atoms with Gasteiger partial charge in [0, 0.05) is 24.7 Å². The van der Waals surface area contributed by atoms with E-state index < -0.39 is 11.9 Å². The Bertz CT molecular complexity index is 539. The molecule has 1 aliphatic heterocycles. The van der Waals surface area contributed by atoms with Crippen molar-refractivity contribution in [2.75, 3.05) is 19.6 Å². The third-order valence-electron chi connectivity index (χ3n) is 3.59. The predicted molar refractivity (Wildman–Crippen MR) is 81.1 cm³/mol. The van der Waals surface area contributed by atoms with Crippen LogP contribution in [0.4, 0.5) is 4.79 Å². The zero-order valence-corrected chi connectivity index (χ0v) is 12.2. The lowest BCUT2D eigenvalue weighted by molar-refractivity contribution is -0.121. The van der Waals surface area contributed by atoms with Gasteiger partial charge in [-0.3, -0.25) is 19.8 Å². The molecule has 0 aromatic heterocycles. The zero-order chi connectivity index (χ0) is 15.9. The van der Waals surface area contributed by atoms with Crippen LogP contribution in [0.3, 0.4) is 0 Å². The van der Waals surface area contributed by atoms with Crippen LogP contribution >= 0.6 is 0 Å². The van der Waals surface area contributed by atoms with Crippen LogP contribution in [0.25, 0.3) is 0 Å².